The van der Waals surface area contributed by atoms with Gasteiger partial charge in [-0.1, -0.05) is 30.3 Å². The molecule has 0 aliphatic carbocycles. The fourth-order valence-electron chi connectivity index (χ4n) is 2.73. The van der Waals surface area contributed by atoms with Crippen LogP contribution in [-0.2, 0) is 11.3 Å². The fraction of sp³-hybridized carbons (Fsp3) is 0.222. The molecule has 0 fully saturated rings. The zero-order chi connectivity index (χ0) is 19.5. The Morgan fingerprint density at radius 3 is 2.32 bits per heavy atom. The molecule has 10 nitrogen and oxygen atoms in total. The molecule has 28 heavy (non-hydrogen) atoms. The van der Waals surface area contributed by atoms with Crippen LogP contribution in [0, 0.1) is 0 Å². The standard InChI is InChI=1S/C18H18N8O2/c1-13(26-20-15-9-5-6-10-16(15)21-26)17(27)19-11-12-24-18(28)25(23-22-24)14-7-3-2-4-8-14/h2-10,13H,11-12H2,1H3,(H,19,27)/t13-/m1/s1. The van der Waals surface area contributed by atoms with E-state index in [1.54, 1.807) is 19.1 Å². The van der Waals surface area contributed by atoms with Crippen molar-refractivity contribution in [2.75, 3.05) is 6.54 Å². The Morgan fingerprint density at radius 1 is 1.00 bits per heavy atom. The van der Waals surface area contributed by atoms with E-state index in [-0.39, 0.29) is 24.7 Å². The zero-order valence-electron chi connectivity index (χ0n) is 15.1. The molecule has 0 aliphatic rings. The number of benzene rings is 2. The van der Waals surface area contributed by atoms with Crippen molar-refractivity contribution in [2.24, 2.45) is 0 Å². The van der Waals surface area contributed by atoms with Crippen LogP contribution in [0.5, 0.6) is 0 Å². The van der Waals surface area contributed by atoms with E-state index in [1.165, 1.54) is 14.2 Å². The van der Waals surface area contributed by atoms with Crippen molar-refractivity contribution in [1.82, 2.24) is 40.1 Å². The van der Waals surface area contributed by atoms with Gasteiger partial charge >= 0.3 is 5.69 Å². The summed E-state index contributed by atoms with van der Waals surface area (Å²) in [6.45, 7) is 2.15. The van der Waals surface area contributed by atoms with Crippen LogP contribution in [0.3, 0.4) is 0 Å². The number of aromatic nitrogens is 7. The Bertz CT molecular complexity index is 1130. The van der Waals surface area contributed by atoms with Crippen LogP contribution in [0.15, 0.2) is 59.4 Å². The van der Waals surface area contributed by atoms with Crippen molar-refractivity contribution in [3.8, 4) is 5.69 Å². The van der Waals surface area contributed by atoms with Crippen LogP contribution < -0.4 is 11.0 Å². The molecule has 10 heteroatoms. The Kier molecular flexibility index (Phi) is 4.67. The number of tetrazole rings is 1. The molecule has 142 valence electrons. The Balaban J connectivity index is 1.38. The number of carbonyl (C=O) groups is 1. The number of rotatable bonds is 6. The maximum Gasteiger partial charge on any atom is 0.368 e. The molecule has 0 unspecified atom stereocenters. The third-order valence-corrected chi connectivity index (χ3v) is 4.29. The van der Waals surface area contributed by atoms with Gasteiger partial charge in [0.05, 0.1) is 12.2 Å². The molecule has 4 aromatic rings. The molecule has 0 aliphatic heterocycles. The molecular weight excluding hydrogens is 360 g/mol. The molecule has 0 bridgehead atoms. The Hall–Kier alpha value is -3.82. The molecule has 4 rings (SSSR count). The number of hydrogen-bond donors (Lipinski definition) is 1. The van der Waals surface area contributed by atoms with Crippen molar-refractivity contribution >= 4 is 16.9 Å². The maximum absolute atomic E-state index is 12.4. The lowest BCUT2D eigenvalue weighted by molar-refractivity contribution is -0.124. The summed E-state index contributed by atoms with van der Waals surface area (Å²) in [7, 11) is 0. The first kappa shape index (κ1) is 17.6. The molecule has 2 heterocycles. The predicted octanol–water partition coefficient (Wildman–Crippen LogP) is 0.551. The van der Waals surface area contributed by atoms with Crippen LogP contribution in [0.4, 0.5) is 0 Å². The third kappa shape index (κ3) is 3.39. The van der Waals surface area contributed by atoms with E-state index in [2.05, 4.69) is 25.9 Å². The largest absolute Gasteiger partial charge is 0.368 e. The summed E-state index contributed by atoms with van der Waals surface area (Å²) in [5.74, 6) is -0.246. The van der Waals surface area contributed by atoms with E-state index in [4.69, 9.17) is 0 Å². The number of fused-ring (bicyclic) bond motifs is 1. The molecule has 1 atom stereocenters. The lowest BCUT2D eigenvalue weighted by Crippen LogP contribution is -2.36. The smallest absolute Gasteiger partial charge is 0.352 e. The third-order valence-electron chi connectivity index (χ3n) is 4.29. The predicted molar refractivity (Wildman–Crippen MR) is 101 cm³/mol. The maximum atomic E-state index is 12.4. The fourth-order valence-corrected chi connectivity index (χ4v) is 2.73. The van der Waals surface area contributed by atoms with Crippen LogP contribution in [0.2, 0.25) is 0 Å². The SMILES string of the molecule is C[C@H](C(=O)NCCn1nnn(-c2ccccc2)c1=O)n1nc2ccccc2n1. The lowest BCUT2D eigenvalue weighted by Gasteiger charge is -2.10. The summed E-state index contributed by atoms with van der Waals surface area (Å²) >= 11 is 0. The van der Waals surface area contributed by atoms with E-state index in [0.717, 1.165) is 11.0 Å². The highest BCUT2D eigenvalue weighted by molar-refractivity contribution is 5.80. The van der Waals surface area contributed by atoms with Crippen molar-refractivity contribution in [1.29, 1.82) is 0 Å². The molecule has 2 aromatic heterocycles. The summed E-state index contributed by atoms with van der Waals surface area (Å²) in [4.78, 5) is 26.1. The molecule has 1 amide bonds. The molecule has 1 N–H and O–H groups in total. The van der Waals surface area contributed by atoms with Gasteiger partial charge in [-0.2, -0.15) is 24.4 Å². The van der Waals surface area contributed by atoms with Gasteiger partial charge in [-0.3, -0.25) is 4.79 Å². The van der Waals surface area contributed by atoms with Crippen molar-refractivity contribution in [3.63, 3.8) is 0 Å². The number of carbonyl (C=O) groups excluding carboxylic acids is 1. The average Bonchev–Trinajstić information content (AvgIpc) is 3.32. The van der Waals surface area contributed by atoms with Crippen LogP contribution >= 0.6 is 0 Å². The minimum Gasteiger partial charge on any atom is -0.352 e. The van der Waals surface area contributed by atoms with Crippen LogP contribution in [-0.4, -0.2) is 47.2 Å². The Morgan fingerprint density at radius 2 is 1.64 bits per heavy atom. The van der Waals surface area contributed by atoms with Crippen molar-refractivity contribution in [2.45, 2.75) is 19.5 Å². The molecule has 0 saturated heterocycles. The highest BCUT2D eigenvalue weighted by Crippen LogP contribution is 2.11. The Labute approximate surface area is 159 Å². The summed E-state index contributed by atoms with van der Waals surface area (Å²) in [6, 6.07) is 15.9. The van der Waals surface area contributed by atoms with Gasteiger partial charge < -0.3 is 5.32 Å². The van der Waals surface area contributed by atoms with E-state index in [0.29, 0.717) is 5.69 Å². The quantitative estimate of drug-likeness (QED) is 0.524. The first-order chi connectivity index (χ1) is 13.6. The van der Waals surface area contributed by atoms with Gasteiger partial charge in [0.1, 0.15) is 17.1 Å². The second kappa shape index (κ2) is 7.43. The van der Waals surface area contributed by atoms with Gasteiger partial charge in [-0.05, 0) is 41.6 Å². The second-order valence-electron chi connectivity index (χ2n) is 6.21. The highest BCUT2D eigenvalue weighted by atomic mass is 16.2. The van der Waals surface area contributed by atoms with Crippen molar-refractivity contribution < 1.29 is 4.79 Å². The highest BCUT2D eigenvalue weighted by Gasteiger charge is 2.18. The van der Waals surface area contributed by atoms with E-state index in [1.807, 2.05) is 42.5 Å². The molecule has 0 spiro atoms. The molecule has 0 saturated carbocycles. The topological polar surface area (TPSA) is 113 Å². The normalized spacial score (nSPS) is 12.2. The first-order valence-corrected chi connectivity index (χ1v) is 8.81. The zero-order valence-corrected chi connectivity index (χ0v) is 15.1. The number of para-hydroxylation sites is 1. The van der Waals surface area contributed by atoms with E-state index < -0.39 is 6.04 Å². The van der Waals surface area contributed by atoms with Crippen LogP contribution in [0.1, 0.15) is 13.0 Å². The monoisotopic (exact) mass is 378 g/mol. The van der Waals surface area contributed by atoms with Crippen LogP contribution in [0.25, 0.3) is 16.7 Å². The molecule has 2 aromatic carbocycles. The number of nitrogens with one attached hydrogen (secondary N) is 1. The summed E-state index contributed by atoms with van der Waals surface area (Å²) in [5, 5.41) is 19.1. The summed E-state index contributed by atoms with van der Waals surface area (Å²) in [5.41, 5.74) is 1.72. The minimum absolute atomic E-state index is 0.207. The number of amides is 1. The van der Waals surface area contributed by atoms with Gasteiger partial charge in [0.15, 0.2) is 0 Å². The number of nitrogens with zero attached hydrogens (tertiary/aromatic N) is 7. The first-order valence-electron chi connectivity index (χ1n) is 8.81. The van der Waals surface area contributed by atoms with Gasteiger partial charge in [0.25, 0.3) is 0 Å². The van der Waals surface area contributed by atoms with Gasteiger partial charge in [-0.15, -0.1) is 0 Å². The molecule has 0 radical (unpaired) electrons. The van der Waals surface area contributed by atoms with Gasteiger partial charge in [-0.25, -0.2) is 4.79 Å². The molecular formula is C18H18N8O2. The number of hydrogen-bond acceptors (Lipinski definition) is 6. The van der Waals surface area contributed by atoms with Gasteiger partial charge in [0, 0.05) is 6.54 Å². The van der Waals surface area contributed by atoms with Crippen molar-refractivity contribution in [3.05, 3.63) is 65.1 Å². The minimum atomic E-state index is -0.580. The van der Waals surface area contributed by atoms with E-state index in [9.17, 15) is 9.59 Å². The summed E-state index contributed by atoms with van der Waals surface area (Å²) in [6.07, 6.45) is 0. The second-order valence-corrected chi connectivity index (χ2v) is 6.21. The average molecular weight is 378 g/mol. The summed E-state index contributed by atoms with van der Waals surface area (Å²) < 4.78 is 2.42. The van der Waals surface area contributed by atoms with E-state index >= 15 is 0 Å². The lowest BCUT2D eigenvalue weighted by atomic mass is 10.3. The van der Waals surface area contributed by atoms with Gasteiger partial charge in [0.2, 0.25) is 5.91 Å².